The number of likely N-dealkylation sites (N-methyl/N-ethyl adjacent to an activating group) is 1. The van der Waals surface area contributed by atoms with Crippen molar-refractivity contribution in [2.75, 3.05) is 18.5 Å². The normalized spacial score (nSPS) is 10.9. The molecule has 0 spiro atoms. The molecule has 1 aromatic rings. The average Bonchev–Trinajstić information content (AvgIpc) is 2.38. The lowest BCUT2D eigenvalue weighted by Crippen LogP contribution is -2.32. The van der Waals surface area contributed by atoms with Crippen molar-refractivity contribution in [1.29, 1.82) is 0 Å². The van der Waals surface area contributed by atoms with Gasteiger partial charge in [0.2, 0.25) is 5.91 Å². The summed E-state index contributed by atoms with van der Waals surface area (Å²) in [6.07, 6.45) is 0. The summed E-state index contributed by atoms with van der Waals surface area (Å²) in [5, 5.41) is 5.29. The number of rotatable bonds is 6. The molecule has 7 heteroatoms. The Kier molecular flexibility index (Phi) is 8.35. The summed E-state index contributed by atoms with van der Waals surface area (Å²) in [6.45, 7) is 4.00. The monoisotopic (exact) mass is 301 g/mol. The summed E-state index contributed by atoms with van der Waals surface area (Å²) in [6, 6.07) is 6.17. The van der Waals surface area contributed by atoms with Crippen molar-refractivity contribution >= 4 is 29.9 Å². The number of anilines is 1. The molecule has 0 saturated carbocycles. The SMILES string of the molecule is CCNC(=O)COc1ccc(NC(=O)C(C)N)cc1.Cl. The molecule has 0 aliphatic rings. The van der Waals surface area contributed by atoms with Crippen LogP contribution in [-0.2, 0) is 9.59 Å². The molecule has 1 aromatic carbocycles. The van der Waals surface area contributed by atoms with Crippen LogP contribution in [0.3, 0.4) is 0 Å². The molecule has 0 heterocycles. The third-order valence-electron chi connectivity index (χ3n) is 2.28. The second-order valence-corrected chi connectivity index (χ2v) is 4.04. The number of hydrogen-bond acceptors (Lipinski definition) is 4. The van der Waals surface area contributed by atoms with Crippen LogP contribution in [0.15, 0.2) is 24.3 Å². The quantitative estimate of drug-likeness (QED) is 0.728. The van der Waals surface area contributed by atoms with E-state index >= 15 is 0 Å². The van der Waals surface area contributed by atoms with Gasteiger partial charge in [-0.2, -0.15) is 0 Å². The first-order valence-corrected chi connectivity index (χ1v) is 6.09. The molecular formula is C13H20ClN3O3. The van der Waals surface area contributed by atoms with E-state index in [-0.39, 0.29) is 30.8 Å². The Bertz CT molecular complexity index is 435. The van der Waals surface area contributed by atoms with E-state index in [1.807, 2.05) is 6.92 Å². The van der Waals surface area contributed by atoms with E-state index in [0.29, 0.717) is 18.0 Å². The van der Waals surface area contributed by atoms with Crippen LogP contribution in [0.2, 0.25) is 0 Å². The third-order valence-corrected chi connectivity index (χ3v) is 2.28. The summed E-state index contributed by atoms with van der Waals surface area (Å²) < 4.78 is 5.28. The summed E-state index contributed by atoms with van der Waals surface area (Å²) in [4.78, 5) is 22.6. The molecule has 0 aromatic heterocycles. The van der Waals surface area contributed by atoms with Crippen molar-refractivity contribution < 1.29 is 14.3 Å². The molecule has 0 bridgehead atoms. The zero-order chi connectivity index (χ0) is 14.3. The van der Waals surface area contributed by atoms with E-state index in [2.05, 4.69) is 10.6 Å². The average molecular weight is 302 g/mol. The van der Waals surface area contributed by atoms with Gasteiger partial charge in [0.1, 0.15) is 5.75 Å². The third kappa shape index (κ3) is 6.40. The van der Waals surface area contributed by atoms with Gasteiger partial charge in [-0.25, -0.2) is 0 Å². The highest BCUT2D eigenvalue weighted by atomic mass is 35.5. The zero-order valence-corrected chi connectivity index (χ0v) is 12.3. The highest BCUT2D eigenvalue weighted by molar-refractivity contribution is 5.94. The Morgan fingerprint density at radius 1 is 1.30 bits per heavy atom. The van der Waals surface area contributed by atoms with Gasteiger partial charge in [0.15, 0.2) is 6.61 Å². The molecule has 2 amide bonds. The van der Waals surface area contributed by atoms with E-state index in [4.69, 9.17) is 10.5 Å². The Morgan fingerprint density at radius 2 is 1.90 bits per heavy atom. The zero-order valence-electron chi connectivity index (χ0n) is 11.5. The summed E-state index contributed by atoms with van der Waals surface area (Å²) in [5.74, 6) is 0.137. The second-order valence-electron chi connectivity index (χ2n) is 4.04. The molecule has 0 radical (unpaired) electrons. The van der Waals surface area contributed by atoms with Crippen LogP contribution >= 0.6 is 12.4 Å². The summed E-state index contributed by atoms with van der Waals surface area (Å²) in [5.41, 5.74) is 6.07. The maximum atomic E-state index is 11.4. The standard InChI is InChI=1S/C13H19N3O3.ClH/c1-3-15-12(17)8-19-11-6-4-10(5-7-11)16-13(18)9(2)14;/h4-7,9H,3,8,14H2,1-2H3,(H,15,17)(H,16,18);1H. The number of ether oxygens (including phenoxy) is 1. The molecule has 0 aliphatic carbocycles. The predicted molar refractivity (Wildman–Crippen MR) is 80.1 cm³/mol. The van der Waals surface area contributed by atoms with Gasteiger partial charge in [-0.15, -0.1) is 12.4 Å². The smallest absolute Gasteiger partial charge is 0.257 e. The summed E-state index contributed by atoms with van der Waals surface area (Å²) in [7, 11) is 0. The van der Waals surface area contributed by atoms with Crippen molar-refractivity contribution in [2.45, 2.75) is 19.9 Å². The number of amides is 2. The fraction of sp³-hybridized carbons (Fsp3) is 0.385. The van der Waals surface area contributed by atoms with Crippen molar-refractivity contribution in [3.05, 3.63) is 24.3 Å². The number of carbonyl (C=O) groups excluding carboxylic acids is 2. The van der Waals surface area contributed by atoms with Crippen LogP contribution in [-0.4, -0.2) is 31.0 Å². The van der Waals surface area contributed by atoms with Crippen molar-refractivity contribution in [3.8, 4) is 5.75 Å². The van der Waals surface area contributed by atoms with Gasteiger partial charge in [-0.1, -0.05) is 0 Å². The van der Waals surface area contributed by atoms with Crippen LogP contribution in [0.1, 0.15) is 13.8 Å². The lowest BCUT2D eigenvalue weighted by atomic mass is 10.2. The number of hydrogen-bond donors (Lipinski definition) is 3. The van der Waals surface area contributed by atoms with Gasteiger partial charge in [-0.3, -0.25) is 9.59 Å². The Morgan fingerprint density at radius 3 is 2.40 bits per heavy atom. The van der Waals surface area contributed by atoms with Crippen molar-refractivity contribution in [2.24, 2.45) is 5.73 Å². The van der Waals surface area contributed by atoms with Crippen LogP contribution in [0.25, 0.3) is 0 Å². The van der Waals surface area contributed by atoms with E-state index in [9.17, 15) is 9.59 Å². The molecule has 1 atom stereocenters. The fourth-order valence-electron chi connectivity index (χ4n) is 1.29. The first-order chi connectivity index (χ1) is 9.02. The van der Waals surface area contributed by atoms with Crippen LogP contribution in [0.4, 0.5) is 5.69 Å². The van der Waals surface area contributed by atoms with Crippen molar-refractivity contribution in [1.82, 2.24) is 5.32 Å². The Hall–Kier alpha value is -1.79. The lowest BCUT2D eigenvalue weighted by Gasteiger charge is -2.09. The number of halogens is 1. The van der Waals surface area contributed by atoms with Gasteiger partial charge < -0.3 is 21.1 Å². The van der Waals surface area contributed by atoms with Gasteiger partial charge in [0, 0.05) is 12.2 Å². The van der Waals surface area contributed by atoms with Crippen LogP contribution in [0.5, 0.6) is 5.75 Å². The highest BCUT2D eigenvalue weighted by Crippen LogP contribution is 2.15. The van der Waals surface area contributed by atoms with Crippen LogP contribution < -0.4 is 21.1 Å². The maximum Gasteiger partial charge on any atom is 0.257 e. The van der Waals surface area contributed by atoms with Crippen LogP contribution in [0, 0.1) is 0 Å². The fourth-order valence-corrected chi connectivity index (χ4v) is 1.29. The minimum Gasteiger partial charge on any atom is -0.484 e. The molecular weight excluding hydrogens is 282 g/mol. The van der Waals surface area contributed by atoms with E-state index in [1.165, 1.54) is 0 Å². The topological polar surface area (TPSA) is 93.5 Å². The number of nitrogens with one attached hydrogen (secondary N) is 2. The first-order valence-electron chi connectivity index (χ1n) is 6.09. The number of carbonyl (C=O) groups is 2. The van der Waals surface area contributed by atoms with Gasteiger partial charge >= 0.3 is 0 Å². The van der Waals surface area contributed by atoms with E-state index < -0.39 is 6.04 Å². The molecule has 6 nitrogen and oxygen atoms in total. The Balaban J connectivity index is 0.00000361. The minimum absolute atomic E-state index is 0. The predicted octanol–water partition coefficient (Wildman–Crippen LogP) is 0.909. The van der Waals surface area contributed by atoms with Gasteiger partial charge in [0.05, 0.1) is 6.04 Å². The second kappa shape index (κ2) is 9.17. The first kappa shape index (κ1) is 18.2. The van der Waals surface area contributed by atoms with Crippen molar-refractivity contribution in [3.63, 3.8) is 0 Å². The molecule has 112 valence electrons. The molecule has 0 aliphatic heterocycles. The molecule has 20 heavy (non-hydrogen) atoms. The lowest BCUT2D eigenvalue weighted by molar-refractivity contribution is -0.123. The molecule has 0 saturated heterocycles. The highest BCUT2D eigenvalue weighted by Gasteiger charge is 2.07. The molecule has 0 fully saturated rings. The van der Waals surface area contributed by atoms with E-state index in [0.717, 1.165) is 0 Å². The maximum absolute atomic E-state index is 11.4. The van der Waals surface area contributed by atoms with Gasteiger partial charge in [-0.05, 0) is 38.1 Å². The van der Waals surface area contributed by atoms with Gasteiger partial charge in [0.25, 0.3) is 5.91 Å². The molecule has 1 rings (SSSR count). The van der Waals surface area contributed by atoms with E-state index in [1.54, 1.807) is 31.2 Å². The molecule has 4 N–H and O–H groups in total. The Labute approximate surface area is 124 Å². The minimum atomic E-state index is -0.561. The number of benzene rings is 1. The number of nitrogens with two attached hydrogens (primary N) is 1. The molecule has 1 unspecified atom stereocenters. The summed E-state index contributed by atoms with van der Waals surface area (Å²) >= 11 is 0. The largest absolute Gasteiger partial charge is 0.484 e.